The quantitative estimate of drug-likeness (QED) is 0.851. The summed E-state index contributed by atoms with van der Waals surface area (Å²) in [5.74, 6) is -0.844. The first-order chi connectivity index (χ1) is 11.1. The Labute approximate surface area is 143 Å². The minimum atomic E-state index is -0.953. The van der Waals surface area contributed by atoms with Crippen molar-refractivity contribution in [2.75, 3.05) is 19.8 Å². The molecule has 124 valence electrons. The predicted octanol–water partition coefficient (Wildman–Crippen LogP) is 2.64. The molecule has 1 saturated carbocycles. The maximum absolute atomic E-state index is 12.8. The summed E-state index contributed by atoms with van der Waals surface area (Å²) in [6.07, 6.45) is 2.24. The number of benzene rings is 1. The SMILES string of the molecule is O=C(O)CN(C(=O)C1CC1c1ccc(Br)cc1)C1CCOCC1. The molecule has 1 amide bonds. The normalized spacial score (nSPS) is 24.2. The van der Waals surface area contributed by atoms with E-state index < -0.39 is 5.97 Å². The Morgan fingerprint density at radius 2 is 1.87 bits per heavy atom. The van der Waals surface area contributed by atoms with Gasteiger partial charge in [-0.1, -0.05) is 28.1 Å². The van der Waals surface area contributed by atoms with Crippen molar-refractivity contribution in [2.24, 2.45) is 5.92 Å². The number of aliphatic carboxylic acids is 1. The molecule has 6 heteroatoms. The zero-order chi connectivity index (χ0) is 16.4. The fraction of sp³-hybridized carbons (Fsp3) is 0.529. The van der Waals surface area contributed by atoms with Crippen LogP contribution in [0.5, 0.6) is 0 Å². The van der Waals surface area contributed by atoms with Gasteiger partial charge < -0.3 is 14.7 Å². The lowest BCUT2D eigenvalue weighted by molar-refractivity contribution is -0.148. The lowest BCUT2D eigenvalue weighted by atomic mass is 10.0. The van der Waals surface area contributed by atoms with Crippen molar-refractivity contribution in [1.29, 1.82) is 0 Å². The summed E-state index contributed by atoms with van der Waals surface area (Å²) in [6.45, 7) is 0.969. The molecule has 1 saturated heterocycles. The number of carboxylic acid groups (broad SMARTS) is 1. The first kappa shape index (κ1) is 16.5. The third-order valence-corrected chi connectivity index (χ3v) is 5.15. The summed E-state index contributed by atoms with van der Waals surface area (Å²) >= 11 is 3.41. The Morgan fingerprint density at radius 3 is 2.48 bits per heavy atom. The highest BCUT2D eigenvalue weighted by Gasteiger charge is 2.47. The van der Waals surface area contributed by atoms with Crippen molar-refractivity contribution < 1.29 is 19.4 Å². The van der Waals surface area contributed by atoms with Crippen LogP contribution in [0.15, 0.2) is 28.7 Å². The number of halogens is 1. The molecule has 1 aliphatic heterocycles. The van der Waals surface area contributed by atoms with Crippen molar-refractivity contribution in [3.63, 3.8) is 0 Å². The second kappa shape index (κ2) is 7.01. The molecule has 5 nitrogen and oxygen atoms in total. The molecular weight excluding hydrogens is 362 g/mol. The molecule has 2 atom stereocenters. The van der Waals surface area contributed by atoms with Crippen LogP contribution < -0.4 is 0 Å². The van der Waals surface area contributed by atoms with Crippen molar-refractivity contribution >= 4 is 27.8 Å². The lowest BCUT2D eigenvalue weighted by Gasteiger charge is -2.33. The van der Waals surface area contributed by atoms with E-state index in [1.54, 1.807) is 4.90 Å². The molecule has 2 unspecified atom stereocenters. The topological polar surface area (TPSA) is 66.8 Å². The molecule has 2 fully saturated rings. The van der Waals surface area contributed by atoms with E-state index >= 15 is 0 Å². The van der Waals surface area contributed by atoms with Gasteiger partial charge in [-0.2, -0.15) is 0 Å². The van der Waals surface area contributed by atoms with Gasteiger partial charge in [-0.3, -0.25) is 9.59 Å². The molecule has 2 aliphatic rings. The van der Waals surface area contributed by atoms with Crippen LogP contribution in [0.2, 0.25) is 0 Å². The summed E-state index contributed by atoms with van der Waals surface area (Å²) in [5, 5.41) is 9.15. The maximum Gasteiger partial charge on any atom is 0.323 e. The van der Waals surface area contributed by atoms with Crippen LogP contribution in [-0.2, 0) is 14.3 Å². The van der Waals surface area contributed by atoms with E-state index in [1.807, 2.05) is 24.3 Å². The number of nitrogens with zero attached hydrogens (tertiary/aromatic N) is 1. The molecule has 1 N–H and O–H groups in total. The third kappa shape index (κ3) is 3.93. The molecule has 1 aliphatic carbocycles. The van der Waals surface area contributed by atoms with Gasteiger partial charge in [-0.25, -0.2) is 0 Å². The lowest BCUT2D eigenvalue weighted by Crippen LogP contribution is -2.46. The summed E-state index contributed by atoms with van der Waals surface area (Å²) in [7, 11) is 0. The smallest absolute Gasteiger partial charge is 0.323 e. The van der Waals surface area contributed by atoms with Crippen molar-refractivity contribution in [3.8, 4) is 0 Å². The van der Waals surface area contributed by atoms with Gasteiger partial charge in [-0.05, 0) is 42.9 Å². The molecule has 1 aromatic rings. The standard InChI is InChI=1S/C17H20BrNO4/c18-12-3-1-11(2-4-12)14-9-15(14)17(22)19(10-16(20)21)13-5-7-23-8-6-13/h1-4,13-15H,5-10H2,(H,20,21). The summed E-state index contributed by atoms with van der Waals surface area (Å²) in [4.78, 5) is 25.5. The Morgan fingerprint density at radius 1 is 1.22 bits per heavy atom. The second-order valence-electron chi connectivity index (χ2n) is 6.20. The monoisotopic (exact) mass is 381 g/mol. The maximum atomic E-state index is 12.8. The largest absolute Gasteiger partial charge is 0.480 e. The average Bonchev–Trinajstić information content (AvgIpc) is 3.34. The van der Waals surface area contributed by atoms with Gasteiger partial charge in [0.1, 0.15) is 6.54 Å². The van der Waals surface area contributed by atoms with E-state index in [2.05, 4.69) is 15.9 Å². The highest BCUT2D eigenvalue weighted by Crippen LogP contribution is 2.49. The highest BCUT2D eigenvalue weighted by molar-refractivity contribution is 9.10. The molecule has 0 radical (unpaired) electrons. The van der Waals surface area contributed by atoms with Gasteiger partial charge in [0.15, 0.2) is 0 Å². The number of amides is 1. The molecule has 1 aromatic carbocycles. The Balaban J connectivity index is 1.68. The number of hydrogen-bond acceptors (Lipinski definition) is 3. The van der Waals surface area contributed by atoms with E-state index in [0.717, 1.165) is 16.5 Å². The van der Waals surface area contributed by atoms with Crippen LogP contribution in [0, 0.1) is 5.92 Å². The molecule has 23 heavy (non-hydrogen) atoms. The zero-order valence-electron chi connectivity index (χ0n) is 12.8. The molecule has 3 rings (SSSR count). The molecule has 0 bridgehead atoms. The van der Waals surface area contributed by atoms with Crippen LogP contribution in [0.1, 0.15) is 30.7 Å². The summed E-state index contributed by atoms with van der Waals surface area (Å²) < 4.78 is 6.34. The minimum Gasteiger partial charge on any atom is -0.480 e. The first-order valence-corrected chi connectivity index (χ1v) is 8.71. The van der Waals surface area contributed by atoms with Crippen molar-refractivity contribution in [3.05, 3.63) is 34.3 Å². The van der Waals surface area contributed by atoms with Gasteiger partial charge >= 0.3 is 5.97 Å². The summed E-state index contributed by atoms with van der Waals surface area (Å²) in [6, 6.07) is 7.99. The number of carbonyl (C=O) groups is 2. The number of carbonyl (C=O) groups excluding carboxylic acids is 1. The van der Waals surface area contributed by atoms with E-state index in [4.69, 9.17) is 9.84 Å². The fourth-order valence-electron chi connectivity index (χ4n) is 3.29. The van der Waals surface area contributed by atoms with Gasteiger partial charge in [0.2, 0.25) is 5.91 Å². The molecular formula is C17H20BrNO4. The van der Waals surface area contributed by atoms with E-state index in [-0.39, 0.29) is 30.3 Å². The molecule has 1 heterocycles. The second-order valence-corrected chi connectivity index (χ2v) is 7.12. The number of rotatable bonds is 5. The molecule has 0 aromatic heterocycles. The highest BCUT2D eigenvalue weighted by atomic mass is 79.9. The van der Waals surface area contributed by atoms with E-state index in [0.29, 0.717) is 26.1 Å². The number of hydrogen-bond donors (Lipinski definition) is 1. The van der Waals surface area contributed by atoms with Gasteiger partial charge in [0, 0.05) is 29.6 Å². The van der Waals surface area contributed by atoms with Gasteiger partial charge in [0.25, 0.3) is 0 Å². The number of carboxylic acids is 1. The average molecular weight is 382 g/mol. The van der Waals surface area contributed by atoms with Crippen LogP contribution in [0.4, 0.5) is 0 Å². The Bertz CT molecular complexity index is 583. The van der Waals surface area contributed by atoms with Crippen molar-refractivity contribution in [1.82, 2.24) is 4.90 Å². The Hall–Kier alpha value is -1.40. The Kier molecular flexibility index (Phi) is 5.02. The predicted molar refractivity (Wildman–Crippen MR) is 88.2 cm³/mol. The van der Waals surface area contributed by atoms with Gasteiger partial charge in [-0.15, -0.1) is 0 Å². The number of ether oxygens (including phenoxy) is 1. The first-order valence-electron chi connectivity index (χ1n) is 7.91. The third-order valence-electron chi connectivity index (χ3n) is 4.63. The zero-order valence-corrected chi connectivity index (χ0v) is 14.4. The molecule has 0 spiro atoms. The van der Waals surface area contributed by atoms with Crippen LogP contribution in [0.3, 0.4) is 0 Å². The van der Waals surface area contributed by atoms with E-state index in [1.165, 1.54) is 0 Å². The van der Waals surface area contributed by atoms with Crippen molar-refractivity contribution in [2.45, 2.75) is 31.2 Å². The van der Waals surface area contributed by atoms with Crippen LogP contribution >= 0.6 is 15.9 Å². The summed E-state index contributed by atoms with van der Waals surface area (Å²) in [5.41, 5.74) is 1.15. The van der Waals surface area contributed by atoms with Gasteiger partial charge in [0.05, 0.1) is 0 Å². The van der Waals surface area contributed by atoms with E-state index in [9.17, 15) is 9.59 Å². The van der Waals surface area contributed by atoms with Crippen LogP contribution in [0.25, 0.3) is 0 Å². The fourth-order valence-corrected chi connectivity index (χ4v) is 3.55. The minimum absolute atomic E-state index is 0.0153. The van der Waals surface area contributed by atoms with Crippen LogP contribution in [-0.4, -0.2) is 47.7 Å².